The molecule has 1 aliphatic rings. The van der Waals surface area contributed by atoms with Gasteiger partial charge in [0, 0.05) is 13.1 Å². The van der Waals surface area contributed by atoms with Gasteiger partial charge in [-0.3, -0.25) is 0 Å². The smallest absolute Gasteiger partial charge is 0.396 e. The van der Waals surface area contributed by atoms with E-state index in [0.717, 1.165) is 44.6 Å². The zero-order valence-corrected chi connectivity index (χ0v) is 11.8. The molecular weight excluding hydrogens is 267 g/mol. The van der Waals surface area contributed by atoms with Crippen molar-refractivity contribution in [2.24, 2.45) is 5.41 Å². The number of rotatable bonds is 3. The Kier molecular flexibility index (Phi) is 3.84. The molecular formula is C14H20F3N3. The van der Waals surface area contributed by atoms with Gasteiger partial charge < -0.3 is 10.6 Å². The molecule has 0 spiro atoms. The largest absolute Gasteiger partial charge is 0.433 e. The fourth-order valence-corrected chi connectivity index (χ4v) is 2.85. The summed E-state index contributed by atoms with van der Waals surface area (Å²) < 4.78 is 38.2. The zero-order chi connectivity index (χ0) is 15.0. The van der Waals surface area contributed by atoms with Gasteiger partial charge >= 0.3 is 6.18 Å². The number of anilines is 2. The summed E-state index contributed by atoms with van der Waals surface area (Å²) >= 11 is 0. The van der Waals surface area contributed by atoms with Crippen LogP contribution in [-0.2, 0) is 6.18 Å². The predicted octanol–water partition coefficient (Wildman–Crippen LogP) is 3.70. The van der Waals surface area contributed by atoms with E-state index in [2.05, 4.69) is 18.8 Å². The molecule has 3 nitrogen and oxygen atoms in total. The summed E-state index contributed by atoms with van der Waals surface area (Å²) in [5.41, 5.74) is 5.88. The summed E-state index contributed by atoms with van der Waals surface area (Å²) in [5, 5.41) is 0. The third kappa shape index (κ3) is 2.69. The van der Waals surface area contributed by atoms with Crippen LogP contribution < -0.4 is 10.6 Å². The van der Waals surface area contributed by atoms with E-state index in [9.17, 15) is 13.2 Å². The van der Waals surface area contributed by atoms with Crippen molar-refractivity contribution >= 4 is 11.4 Å². The molecule has 0 aromatic carbocycles. The van der Waals surface area contributed by atoms with Crippen LogP contribution in [0.5, 0.6) is 0 Å². The van der Waals surface area contributed by atoms with Crippen LogP contribution in [0.4, 0.5) is 24.5 Å². The molecule has 2 rings (SSSR count). The first kappa shape index (κ1) is 14.9. The first-order chi connectivity index (χ1) is 9.31. The van der Waals surface area contributed by atoms with Crippen molar-refractivity contribution in [1.82, 2.24) is 4.98 Å². The van der Waals surface area contributed by atoms with Crippen molar-refractivity contribution in [2.75, 3.05) is 23.7 Å². The average Bonchev–Trinajstić information content (AvgIpc) is 2.83. The molecule has 0 atom stereocenters. The Hall–Kier alpha value is -1.46. The Labute approximate surface area is 117 Å². The minimum Gasteiger partial charge on any atom is -0.396 e. The Balaban J connectivity index is 2.30. The normalized spacial score (nSPS) is 18.6. The number of pyridine rings is 1. The van der Waals surface area contributed by atoms with E-state index in [1.807, 2.05) is 4.90 Å². The van der Waals surface area contributed by atoms with Gasteiger partial charge in [0.1, 0.15) is 5.69 Å². The van der Waals surface area contributed by atoms with E-state index in [1.54, 1.807) is 0 Å². The molecule has 1 aromatic rings. The van der Waals surface area contributed by atoms with Crippen LogP contribution in [0.2, 0.25) is 0 Å². The summed E-state index contributed by atoms with van der Waals surface area (Å²) in [6.07, 6.45) is -0.290. The highest BCUT2D eigenvalue weighted by Crippen LogP contribution is 2.41. The summed E-state index contributed by atoms with van der Waals surface area (Å²) in [7, 11) is 0. The van der Waals surface area contributed by atoms with E-state index in [-0.39, 0.29) is 5.41 Å². The lowest BCUT2D eigenvalue weighted by Crippen LogP contribution is -2.27. The van der Waals surface area contributed by atoms with Gasteiger partial charge in [-0.25, -0.2) is 4.98 Å². The molecule has 1 aromatic heterocycles. The lowest BCUT2D eigenvalue weighted by atomic mass is 9.82. The zero-order valence-electron chi connectivity index (χ0n) is 11.8. The second-order valence-corrected chi connectivity index (χ2v) is 5.50. The quantitative estimate of drug-likeness (QED) is 0.921. The molecule has 0 saturated carbocycles. The fourth-order valence-electron chi connectivity index (χ4n) is 2.85. The van der Waals surface area contributed by atoms with Crippen LogP contribution in [0.25, 0.3) is 0 Å². The van der Waals surface area contributed by atoms with Gasteiger partial charge in [0.25, 0.3) is 0 Å². The molecule has 2 N–H and O–H groups in total. The summed E-state index contributed by atoms with van der Waals surface area (Å²) in [5.74, 6) is 0. The third-order valence-corrected chi connectivity index (χ3v) is 4.48. The van der Waals surface area contributed by atoms with E-state index in [1.165, 1.54) is 0 Å². The molecule has 0 amide bonds. The van der Waals surface area contributed by atoms with Gasteiger partial charge in [-0.2, -0.15) is 13.2 Å². The highest BCUT2D eigenvalue weighted by molar-refractivity contribution is 5.67. The second-order valence-electron chi connectivity index (χ2n) is 5.50. The Morgan fingerprint density at radius 1 is 1.35 bits per heavy atom. The van der Waals surface area contributed by atoms with Gasteiger partial charge in [-0.05, 0) is 30.7 Å². The van der Waals surface area contributed by atoms with Gasteiger partial charge in [-0.15, -0.1) is 0 Å². The summed E-state index contributed by atoms with van der Waals surface area (Å²) in [6.45, 7) is 5.76. The third-order valence-electron chi connectivity index (χ3n) is 4.48. The van der Waals surface area contributed by atoms with Gasteiger partial charge in [-0.1, -0.05) is 13.8 Å². The van der Waals surface area contributed by atoms with Crippen LogP contribution in [0.3, 0.4) is 0 Å². The number of nitrogens with zero attached hydrogens (tertiary/aromatic N) is 2. The van der Waals surface area contributed by atoms with Gasteiger partial charge in [0.05, 0.1) is 17.6 Å². The minimum atomic E-state index is -4.44. The number of hydrogen-bond donors (Lipinski definition) is 1. The number of alkyl halides is 3. The Morgan fingerprint density at radius 2 is 2.00 bits per heavy atom. The van der Waals surface area contributed by atoms with Crippen LogP contribution in [0, 0.1) is 5.41 Å². The van der Waals surface area contributed by atoms with Crippen molar-refractivity contribution in [3.63, 3.8) is 0 Å². The van der Waals surface area contributed by atoms with Crippen molar-refractivity contribution in [3.05, 3.63) is 18.0 Å². The first-order valence-corrected chi connectivity index (χ1v) is 6.89. The Morgan fingerprint density at radius 3 is 2.50 bits per heavy atom. The van der Waals surface area contributed by atoms with E-state index in [4.69, 9.17) is 5.73 Å². The molecule has 0 unspecified atom stereocenters. The number of aromatic nitrogens is 1. The van der Waals surface area contributed by atoms with Crippen LogP contribution in [0.15, 0.2) is 12.3 Å². The molecule has 1 aliphatic heterocycles. The van der Waals surface area contributed by atoms with Crippen molar-refractivity contribution in [2.45, 2.75) is 39.3 Å². The highest BCUT2D eigenvalue weighted by Gasteiger charge is 2.37. The summed E-state index contributed by atoms with van der Waals surface area (Å²) in [4.78, 5) is 5.34. The number of hydrogen-bond acceptors (Lipinski definition) is 3. The maximum Gasteiger partial charge on any atom is 0.433 e. The van der Waals surface area contributed by atoms with Gasteiger partial charge in [0.15, 0.2) is 0 Å². The molecule has 2 heterocycles. The molecule has 0 bridgehead atoms. The van der Waals surface area contributed by atoms with Crippen LogP contribution in [-0.4, -0.2) is 18.1 Å². The van der Waals surface area contributed by atoms with E-state index >= 15 is 0 Å². The lowest BCUT2D eigenvalue weighted by molar-refractivity contribution is -0.141. The molecule has 1 fully saturated rings. The standard InChI is InChI=1S/C14H20F3N3/c1-3-13(4-2)5-6-20(9-13)11-7-12(14(15,16)17)19-8-10(11)18/h7-8H,3-6,9,18H2,1-2H3. The van der Waals surface area contributed by atoms with Crippen LogP contribution in [0.1, 0.15) is 38.8 Å². The van der Waals surface area contributed by atoms with E-state index < -0.39 is 11.9 Å². The van der Waals surface area contributed by atoms with Crippen molar-refractivity contribution < 1.29 is 13.2 Å². The molecule has 20 heavy (non-hydrogen) atoms. The maximum absolute atomic E-state index is 12.7. The average molecular weight is 287 g/mol. The molecule has 6 heteroatoms. The maximum atomic E-state index is 12.7. The Bertz CT molecular complexity index is 481. The lowest BCUT2D eigenvalue weighted by Gasteiger charge is -2.28. The second kappa shape index (κ2) is 5.14. The van der Waals surface area contributed by atoms with Crippen molar-refractivity contribution in [1.29, 1.82) is 0 Å². The highest BCUT2D eigenvalue weighted by atomic mass is 19.4. The molecule has 112 valence electrons. The van der Waals surface area contributed by atoms with Crippen molar-refractivity contribution in [3.8, 4) is 0 Å². The summed E-state index contributed by atoms with van der Waals surface area (Å²) in [6, 6.07) is 1.07. The topological polar surface area (TPSA) is 42.2 Å². The number of nitrogen functional groups attached to an aromatic ring is 1. The van der Waals surface area contributed by atoms with Gasteiger partial charge in [0.2, 0.25) is 0 Å². The van der Waals surface area contributed by atoms with E-state index in [0.29, 0.717) is 11.4 Å². The first-order valence-electron chi connectivity index (χ1n) is 6.89. The number of halogens is 3. The molecule has 1 saturated heterocycles. The minimum absolute atomic E-state index is 0.189. The predicted molar refractivity (Wildman–Crippen MR) is 73.5 cm³/mol. The SMILES string of the molecule is CCC1(CC)CCN(c2cc(C(F)(F)F)ncc2N)C1. The molecule has 0 aliphatic carbocycles. The number of nitrogens with two attached hydrogens (primary N) is 1. The van der Waals surface area contributed by atoms with Crippen LogP contribution >= 0.6 is 0 Å². The fraction of sp³-hybridized carbons (Fsp3) is 0.643. The molecule has 0 radical (unpaired) electrons. The monoisotopic (exact) mass is 287 g/mol.